The summed E-state index contributed by atoms with van der Waals surface area (Å²) in [5.74, 6) is 0.190. The van der Waals surface area contributed by atoms with Crippen molar-refractivity contribution in [1.29, 1.82) is 0 Å². The van der Waals surface area contributed by atoms with E-state index in [0.29, 0.717) is 17.2 Å². The third-order valence-corrected chi connectivity index (χ3v) is 5.83. The summed E-state index contributed by atoms with van der Waals surface area (Å²) in [5, 5.41) is 2.80. The molecule has 0 aliphatic rings. The van der Waals surface area contributed by atoms with Crippen LogP contribution in [0.25, 0.3) is 0 Å². The highest BCUT2D eigenvalue weighted by Gasteiger charge is 2.23. The topological polar surface area (TPSA) is 84.9 Å². The molecule has 0 aliphatic heterocycles. The highest BCUT2D eigenvalue weighted by molar-refractivity contribution is 7.98. The number of nitrogens with one attached hydrogen (secondary N) is 1. The Bertz CT molecular complexity index is 945. The van der Waals surface area contributed by atoms with Crippen molar-refractivity contribution in [1.82, 2.24) is 0 Å². The highest BCUT2D eigenvalue weighted by atomic mass is 32.2. The molecule has 0 unspecified atom stereocenters. The van der Waals surface area contributed by atoms with Crippen LogP contribution in [0, 0.1) is 0 Å². The third-order valence-electron chi connectivity index (χ3n) is 3.91. The highest BCUT2D eigenvalue weighted by Crippen LogP contribution is 2.36. The second kappa shape index (κ2) is 8.53. The van der Waals surface area contributed by atoms with Gasteiger partial charge in [-0.2, -0.15) is 0 Å². The number of hydrogen-bond donors (Lipinski definition) is 1. The number of anilines is 2. The molecule has 0 fully saturated rings. The van der Waals surface area contributed by atoms with Crippen molar-refractivity contribution in [2.75, 3.05) is 43.4 Å². The molecule has 9 heteroatoms. The minimum atomic E-state index is -3.59. The average Bonchev–Trinajstić information content (AvgIpc) is 2.65. The number of thioether (sulfide) groups is 1. The maximum atomic E-state index is 12.9. The first-order valence-corrected chi connectivity index (χ1v) is 10.9. The Morgan fingerprint density at radius 3 is 2.30 bits per heavy atom. The summed E-state index contributed by atoms with van der Waals surface area (Å²) in [6, 6.07) is 10.3. The fourth-order valence-electron chi connectivity index (χ4n) is 2.39. The van der Waals surface area contributed by atoms with Gasteiger partial charge in [-0.25, -0.2) is 8.42 Å². The van der Waals surface area contributed by atoms with Gasteiger partial charge in [0.05, 0.1) is 31.7 Å². The van der Waals surface area contributed by atoms with Crippen LogP contribution in [0.3, 0.4) is 0 Å². The van der Waals surface area contributed by atoms with E-state index in [2.05, 4.69) is 5.32 Å². The van der Waals surface area contributed by atoms with E-state index in [0.717, 1.165) is 15.5 Å². The van der Waals surface area contributed by atoms with E-state index < -0.39 is 15.9 Å². The molecule has 1 amide bonds. The summed E-state index contributed by atoms with van der Waals surface area (Å²) in [6.45, 7) is 0. The Balaban J connectivity index is 2.53. The SMILES string of the molecule is COc1cc(C(=O)Nc2cccc(SC)c2)c(N(C)S(C)(=O)=O)cc1OC. The number of methoxy groups -OCH3 is 2. The minimum Gasteiger partial charge on any atom is -0.493 e. The van der Waals surface area contributed by atoms with Crippen molar-refractivity contribution in [3.63, 3.8) is 0 Å². The Labute approximate surface area is 163 Å². The van der Waals surface area contributed by atoms with E-state index >= 15 is 0 Å². The number of carbonyl (C=O) groups excluding carboxylic acids is 1. The van der Waals surface area contributed by atoms with Crippen molar-refractivity contribution in [2.45, 2.75) is 4.90 Å². The van der Waals surface area contributed by atoms with Crippen LogP contribution in [-0.2, 0) is 10.0 Å². The van der Waals surface area contributed by atoms with E-state index in [4.69, 9.17) is 9.47 Å². The molecule has 0 aliphatic carbocycles. The lowest BCUT2D eigenvalue weighted by molar-refractivity contribution is 0.102. The molecular weight excluding hydrogens is 388 g/mol. The maximum Gasteiger partial charge on any atom is 0.257 e. The molecule has 0 spiro atoms. The van der Waals surface area contributed by atoms with Gasteiger partial charge in [0.2, 0.25) is 10.0 Å². The lowest BCUT2D eigenvalue weighted by atomic mass is 10.1. The Hall–Kier alpha value is -2.39. The molecule has 2 aromatic carbocycles. The van der Waals surface area contributed by atoms with Gasteiger partial charge in [-0.3, -0.25) is 9.10 Å². The summed E-state index contributed by atoms with van der Waals surface area (Å²) in [6.07, 6.45) is 3.00. The molecule has 146 valence electrons. The van der Waals surface area contributed by atoms with Crippen molar-refractivity contribution in [2.24, 2.45) is 0 Å². The molecule has 0 saturated heterocycles. The number of hydrogen-bond acceptors (Lipinski definition) is 6. The Morgan fingerprint density at radius 2 is 1.74 bits per heavy atom. The number of carbonyl (C=O) groups is 1. The van der Waals surface area contributed by atoms with E-state index in [1.54, 1.807) is 17.8 Å². The van der Waals surface area contributed by atoms with Gasteiger partial charge >= 0.3 is 0 Å². The first kappa shape index (κ1) is 20.9. The standard InChI is InChI=1S/C18H22N2O5S2/c1-20(27(5,22)23)15-11-17(25-3)16(24-2)10-14(15)18(21)19-12-7-6-8-13(9-12)26-4/h6-11H,1-5H3,(H,19,21). The van der Waals surface area contributed by atoms with Gasteiger partial charge in [0, 0.05) is 23.7 Å². The normalized spacial score (nSPS) is 11.0. The molecule has 1 N–H and O–H groups in total. The third kappa shape index (κ3) is 4.86. The van der Waals surface area contributed by atoms with Gasteiger partial charge in [-0.15, -0.1) is 11.8 Å². The van der Waals surface area contributed by atoms with Gasteiger partial charge in [0.1, 0.15) is 0 Å². The van der Waals surface area contributed by atoms with Gasteiger partial charge in [0.25, 0.3) is 5.91 Å². The van der Waals surface area contributed by atoms with Gasteiger partial charge in [-0.05, 0) is 30.5 Å². The van der Waals surface area contributed by atoms with Crippen LogP contribution in [0.15, 0.2) is 41.3 Å². The molecule has 7 nitrogen and oxygen atoms in total. The van der Waals surface area contributed by atoms with Crippen LogP contribution >= 0.6 is 11.8 Å². The molecule has 2 rings (SSSR count). The van der Waals surface area contributed by atoms with E-state index in [-0.39, 0.29) is 11.3 Å². The van der Waals surface area contributed by atoms with E-state index in [9.17, 15) is 13.2 Å². The largest absolute Gasteiger partial charge is 0.493 e. The van der Waals surface area contributed by atoms with Crippen LogP contribution in [0.1, 0.15) is 10.4 Å². The second-order valence-electron chi connectivity index (χ2n) is 5.64. The summed E-state index contributed by atoms with van der Waals surface area (Å²) < 4.78 is 35.6. The predicted molar refractivity (Wildman–Crippen MR) is 109 cm³/mol. The fourth-order valence-corrected chi connectivity index (χ4v) is 3.36. The van der Waals surface area contributed by atoms with E-state index in [1.165, 1.54) is 33.4 Å². The zero-order valence-electron chi connectivity index (χ0n) is 15.8. The minimum absolute atomic E-state index is 0.148. The number of sulfonamides is 1. The fraction of sp³-hybridized carbons (Fsp3) is 0.278. The number of nitrogens with zero attached hydrogens (tertiary/aromatic N) is 1. The molecule has 0 radical (unpaired) electrons. The van der Waals surface area contributed by atoms with Crippen molar-refractivity contribution in [3.8, 4) is 11.5 Å². The molecule has 0 aromatic heterocycles. The molecule has 0 heterocycles. The Morgan fingerprint density at radius 1 is 1.11 bits per heavy atom. The van der Waals surface area contributed by atoms with Crippen LogP contribution in [-0.4, -0.2) is 48.1 Å². The van der Waals surface area contributed by atoms with Crippen LogP contribution in [0.5, 0.6) is 11.5 Å². The quantitative estimate of drug-likeness (QED) is 0.706. The molecule has 27 heavy (non-hydrogen) atoms. The number of benzene rings is 2. The van der Waals surface area contributed by atoms with E-state index in [1.807, 2.05) is 24.5 Å². The number of ether oxygens (including phenoxy) is 2. The van der Waals surface area contributed by atoms with Crippen LogP contribution in [0.4, 0.5) is 11.4 Å². The van der Waals surface area contributed by atoms with Crippen LogP contribution < -0.4 is 19.1 Å². The number of rotatable bonds is 7. The summed E-state index contributed by atoms with van der Waals surface area (Å²) in [5.41, 5.74) is 0.943. The molecular formula is C18H22N2O5S2. The molecule has 0 atom stereocenters. The lowest BCUT2D eigenvalue weighted by Crippen LogP contribution is -2.28. The van der Waals surface area contributed by atoms with Gasteiger partial charge in [0.15, 0.2) is 11.5 Å². The van der Waals surface area contributed by atoms with Crippen molar-refractivity contribution >= 4 is 39.1 Å². The summed E-state index contributed by atoms with van der Waals surface area (Å²) in [7, 11) is 0.676. The smallest absolute Gasteiger partial charge is 0.257 e. The zero-order valence-corrected chi connectivity index (χ0v) is 17.4. The predicted octanol–water partition coefficient (Wildman–Crippen LogP) is 3.07. The second-order valence-corrected chi connectivity index (χ2v) is 8.53. The lowest BCUT2D eigenvalue weighted by Gasteiger charge is -2.22. The molecule has 0 bridgehead atoms. The van der Waals surface area contributed by atoms with Crippen molar-refractivity contribution < 1.29 is 22.7 Å². The maximum absolute atomic E-state index is 12.9. The first-order chi connectivity index (χ1) is 12.7. The number of amides is 1. The molecule has 0 saturated carbocycles. The van der Waals surface area contributed by atoms with Gasteiger partial charge < -0.3 is 14.8 Å². The van der Waals surface area contributed by atoms with Crippen molar-refractivity contribution in [3.05, 3.63) is 42.0 Å². The summed E-state index contributed by atoms with van der Waals surface area (Å²) in [4.78, 5) is 13.9. The van der Waals surface area contributed by atoms with Gasteiger partial charge in [-0.1, -0.05) is 6.07 Å². The monoisotopic (exact) mass is 410 g/mol. The first-order valence-electron chi connectivity index (χ1n) is 7.86. The molecule has 2 aromatic rings. The average molecular weight is 411 g/mol. The van der Waals surface area contributed by atoms with Crippen LogP contribution in [0.2, 0.25) is 0 Å². The Kier molecular flexibility index (Phi) is 6.61. The zero-order chi connectivity index (χ0) is 20.2. The summed E-state index contributed by atoms with van der Waals surface area (Å²) >= 11 is 1.55.